The lowest BCUT2D eigenvalue weighted by Gasteiger charge is -2.25. The molecule has 0 heterocycles. The topological polar surface area (TPSA) is 66.0 Å². The molecule has 0 fully saturated rings. The van der Waals surface area contributed by atoms with E-state index in [1.54, 1.807) is 19.0 Å². The molecule has 7 heteroatoms. The van der Waals surface area contributed by atoms with Gasteiger partial charge in [0.15, 0.2) is 5.96 Å². The second-order valence-electron chi connectivity index (χ2n) is 6.18. The summed E-state index contributed by atoms with van der Waals surface area (Å²) in [6.45, 7) is 11.9. The summed E-state index contributed by atoms with van der Waals surface area (Å²) in [7, 11) is 3.45. The van der Waals surface area contributed by atoms with Crippen LogP contribution in [0.1, 0.15) is 34.6 Å². The molecular weight excluding hydrogens is 383 g/mol. The first-order valence-electron chi connectivity index (χ1n) is 7.04. The van der Waals surface area contributed by atoms with Crippen LogP contribution in [-0.4, -0.2) is 56.3 Å². The van der Waals surface area contributed by atoms with Gasteiger partial charge >= 0.3 is 6.09 Å². The lowest BCUT2D eigenvalue weighted by atomic mass is 10.2. The van der Waals surface area contributed by atoms with Crippen LogP contribution in [0.4, 0.5) is 4.79 Å². The molecule has 0 saturated carbocycles. The third kappa shape index (κ3) is 12.7. The second-order valence-corrected chi connectivity index (χ2v) is 6.18. The monoisotopic (exact) mass is 414 g/mol. The Balaban J connectivity index is 0. The smallest absolute Gasteiger partial charge is 0.410 e. The van der Waals surface area contributed by atoms with Gasteiger partial charge < -0.3 is 20.3 Å². The Morgan fingerprint density at radius 2 is 1.86 bits per heavy atom. The van der Waals surface area contributed by atoms with Gasteiger partial charge in [0.25, 0.3) is 0 Å². The fourth-order valence-electron chi connectivity index (χ4n) is 1.29. The van der Waals surface area contributed by atoms with E-state index >= 15 is 0 Å². The number of nitrogens with one attached hydrogen (secondary N) is 2. The van der Waals surface area contributed by atoms with Crippen molar-refractivity contribution in [2.75, 3.05) is 33.7 Å². The molecular formula is C14H31IN4O2. The second kappa shape index (κ2) is 10.9. The van der Waals surface area contributed by atoms with E-state index < -0.39 is 5.60 Å². The number of ether oxygens (including phenoxy) is 1. The summed E-state index contributed by atoms with van der Waals surface area (Å²) in [5.74, 6) is 1.30. The molecule has 1 amide bonds. The van der Waals surface area contributed by atoms with Gasteiger partial charge in [-0.25, -0.2) is 4.79 Å². The van der Waals surface area contributed by atoms with Crippen LogP contribution < -0.4 is 10.6 Å². The molecule has 6 nitrogen and oxygen atoms in total. The summed E-state index contributed by atoms with van der Waals surface area (Å²) in [6.07, 6.45) is -0.315. The molecule has 0 unspecified atom stereocenters. The number of halogens is 1. The maximum Gasteiger partial charge on any atom is 0.410 e. The molecule has 0 aromatic carbocycles. The molecule has 126 valence electrons. The van der Waals surface area contributed by atoms with Crippen LogP contribution >= 0.6 is 24.0 Å². The van der Waals surface area contributed by atoms with Crippen molar-refractivity contribution in [3.8, 4) is 0 Å². The van der Waals surface area contributed by atoms with E-state index in [4.69, 9.17) is 4.74 Å². The average molecular weight is 414 g/mol. The summed E-state index contributed by atoms with van der Waals surface area (Å²) in [6, 6.07) is 0. The normalized spacial score (nSPS) is 11.7. The molecule has 21 heavy (non-hydrogen) atoms. The van der Waals surface area contributed by atoms with Crippen LogP contribution in [0.15, 0.2) is 4.99 Å². The molecule has 0 aliphatic carbocycles. The number of guanidine groups is 1. The minimum atomic E-state index is -0.465. The van der Waals surface area contributed by atoms with Crippen molar-refractivity contribution in [3.05, 3.63) is 0 Å². The van der Waals surface area contributed by atoms with Gasteiger partial charge in [-0.15, -0.1) is 24.0 Å². The highest BCUT2D eigenvalue weighted by atomic mass is 127. The van der Waals surface area contributed by atoms with Crippen molar-refractivity contribution >= 4 is 36.0 Å². The Morgan fingerprint density at radius 3 is 2.29 bits per heavy atom. The lowest BCUT2D eigenvalue weighted by Crippen LogP contribution is -2.43. The van der Waals surface area contributed by atoms with Crippen molar-refractivity contribution in [2.45, 2.75) is 40.2 Å². The van der Waals surface area contributed by atoms with Crippen LogP contribution in [0.2, 0.25) is 0 Å². The zero-order chi connectivity index (χ0) is 15.8. The van der Waals surface area contributed by atoms with Crippen LogP contribution in [-0.2, 0) is 4.74 Å². The third-order valence-electron chi connectivity index (χ3n) is 2.35. The first-order chi connectivity index (χ1) is 9.15. The van der Waals surface area contributed by atoms with Crippen molar-refractivity contribution in [3.63, 3.8) is 0 Å². The molecule has 0 aliphatic rings. The number of rotatable bonds is 5. The maximum absolute atomic E-state index is 11.7. The van der Waals surface area contributed by atoms with Crippen LogP contribution in [0.3, 0.4) is 0 Å². The Bertz CT molecular complexity index is 327. The highest BCUT2D eigenvalue weighted by Gasteiger charge is 2.19. The maximum atomic E-state index is 11.7. The number of aliphatic imine (C=N–C) groups is 1. The van der Waals surface area contributed by atoms with Crippen LogP contribution in [0, 0.1) is 5.92 Å². The molecule has 0 aromatic heterocycles. The molecule has 0 bridgehead atoms. The molecule has 0 saturated heterocycles. The van der Waals surface area contributed by atoms with Crippen LogP contribution in [0.25, 0.3) is 0 Å². The number of likely N-dealkylation sites (N-methyl/N-ethyl adjacent to an activating group) is 1. The van der Waals surface area contributed by atoms with Crippen LogP contribution in [0.5, 0.6) is 0 Å². The van der Waals surface area contributed by atoms with Crippen molar-refractivity contribution in [2.24, 2.45) is 10.9 Å². The lowest BCUT2D eigenvalue weighted by molar-refractivity contribution is 0.0302. The predicted molar refractivity (Wildman–Crippen MR) is 98.5 cm³/mol. The van der Waals surface area contributed by atoms with E-state index in [9.17, 15) is 4.79 Å². The zero-order valence-electron chi connectivity index (χ0n) is 14.3. The molecule has 0 aliphatic heterocycles. The predicted octanol–water partition coefficient (Wildman–Crippen LogP) is 2.29. The van der Waals surface area contributed by atoms with Gasteiger partial charge in [-0.3, -0.25) is 4.99 Å². The molecule has 2 N–H and O–H groups in total. The molecule has 0 rings (SSSR count). The van der Waals surface area contributed by atoms with Crippen molar-refractivity contribution in [1.82, 2.24) is 15.5 Å². The zero-order valence-corrected chi connectivity index (χ0v) is 16.6. The Morgan fingerprint density at radius 1 is 1.29 bits per heavy atom. The number of hydrogen-bond acceptors (Lipinski definition) is 3. The van der Waals surface area contributed by atoms with Gasteiger partial charge in [0, 0.05) is 33.7 Å². The quantitative estimate of drug-likeness (QED) is 0.412. The molecule has 0 radical (unpaired) electrons. The fraction of sp³-hybridized carbons (Fsp3) is 0.857. The van der Waals surface area contributed by atoms with Gasteiger partial charge in [0.05, 0.1) is 0 Å². The summed E-state index contributed by atoms with van der Waals surface area (Å²) in [5, 5.41) is 6.38. The largest absolute Gasteiger partial charge is 0.444 e. The minimum Gasteiger partial charge on any atom is -0.444 e. The Kier molecular flexibility index (Phi) is 11.7. The van der Waals surface area contributed by atoms with E-state index in [-0.39, 0.29) is 30.1 Å². The first-order valence-corrected chi connectivity index (χ1v) is 7.04. The van der Waals surface area contributed by atoms with E-state index in [0.717, 1.165) is 12.5 Å². The Hall–Kier alpha value is -0.730. The van der Waals surface area contributed by atoms with E-state index in [2.05, 4.69) is 29.5 Å². The van der Waals surface area contributed by atoms with Crippen molar-refractivity contribution < 1.29 is 9.53 Å². The first kappa shape index (κ1) is 22.5. The standard InChI is InChI=1S/C14H30N4O2.HI/c1-11(2)10-17-12(15-6)16-8-9-18(7)13(19)20-14(3,4)5;/h11H,8-10H2,1-7H3,(H2,15,16,17);1H. The van der Waals surface area contributed by atoms with Gasteiger partial charge in [-0.05, 0) is 26.7 Å². The van der Waals surface area contributed by atoms with Crippen molar-refractivity contribution in [1.29, 1.82) is 0 Å². The number of amides is 1. The van der Waals surface area contributed by atoms with E-state index in [1.807, 2.05) is 20.8 Å². The number of hydrogen-bond donors (Lipinski definition) is 2. The van der Waals surface area contributed by atoms with Gasteiger partial charge in [0.1, 0.15) is 5.60 Å². The highest BCUT2D eigenvalue weighted by molar-refractivity contribution is 14.0. The molecule has 0 aromatic rings. The number of carbonyl (C=O) groups is 1. The summed E-state index contributed by atoms with van der Waals surface area (Å²) < 4.78 is 5.28. The SMILES string of the molecule is CN=C(NCCN(C)C(=O)OC(C)(C)C)NCC(C)C.I. The Labute approximate surface area is 146 Å². The molecule has 0 spiro atoms. The average Bonchev–Trinajstić information content (AvgIpc) is 2.30. The van der Waals surface area contributed by atoms with Gasteiger partial charge in [0.2, 0.25) is 0 Å². The van der Waals surface area contributed by atoms with Gasteiger partial charge in [-0.1, -0.05) is 13.8 Å². The highest BCUT2D eigenvalue weighted by Crippen LogP contribution is 2.08. The summed E-state index contributed by atoms with van der Waals surface area (Å²) in [4.78, 5) is 17.4. The van der Waals surface area contributed by atoms with Gasteiger partial charge in [-0.2, -0.15) is 0 Å². The summed E-state index contributed by atoms with van der Waals surface area (Å²) in [5.41, 5.74) is -0.465. The number of carbonyl (C=O) groups excluding carboxylic acids is 1. The molecule has 0 atom stereocenters. The number of nitrogens with zero attached hydrogens (tertiary/aromatic N) is 2. The fourth-order valence-corrected chi connectivity index (χ4v) is 1.29. The summed E-state index contributed by atoms with van der Waals surface area (Å²) >= 11 is 0. The van der Waals surface area contributed by atoms with E-state index in [1.165, 1.54) is 0 Å². The van der Waals surface area contributed by atoms with E-state index in [0.29, 0.717) is 19.0 Å². The third-order valence-corrected chi connectivity index (χ3v) is 2.35. The minimum absolute atomic E-state index is 0.